The number of hydrogen-bond acceptors (Lipinski definition) is 7. The zero-order valence-corrected chi connectivity index (χ0v) is 21.4. The van der Waals surface area contributed by atoms with Crippen molar-refractivity contribution < 1.29 is 14.4 Å². The van der Waals surface area contributed by atoms with Gasteiger partial charge in [-0.2, -0.15) is 0 Å². The summed E-state index contributed by atoms with van der Waals surface area (Å²) in [5, 5.41) is 16.7. The second kappa shape index (κ2) is 10.3. The van der Waals surface area contributed by atoms with E-state index in [-0.39, 0.29) is 5.78 Å². The first-order valence-corrected chi connectivity index (χ1v) is 13.3. The Kier molecular flexibility index (Phi) is 6.97. The molecule has 1 heterocycles. The van der Waals surface area contributed by atoms with E-state index in [9.17, 15) is 9.90 Å². The number of ketones is 1. The Labute approximate surface area is 213 Å². The van der Waals surface area contributed by atoms with Gasteiger partial charge < -0.3 is 29.6 Å². The summed E-state index contributed by atoms with van der Waals surface area (Å²) in [6.45, 7) is 6.17. The minimum atomic E-state index is -1.14. The SMILES string of the molecule is CC(C)(CNC1=C(Nc2ccccc2)C(O)C1=O)OP1N(c2ccccc2)CCN1c1ccccc1. The largest absolute Gasteiger partial charge is 0.378 e. The lowest BCUT2D eigenvalue weighted by molar-refractivity contribution is -0.125. The van der Waals surface area contributed by atoms with Gasteiger partial charge in [0.05, 0.1) is 11.3 Å². The molecule has 0 spiro atoms. The van der Waals surface area contributed by atoms with Gasteiger partial charge in [0.25, 0.3) is 0 Å². The number of rotatable bonds is 9. The van der Waals surface area contributed by atoms with Gasteiger partial charge in [0.2, 0.25) is 14.2 Å². The molecule has 5 rings (SSSR count). The van der Waals surface area contributed by atoms with Crippen LogP contribution in [0.5, 0.6) is 0 Å². The Morgan fingerprint density at radius 2 is 1.39 bits per heavy atom. The molecule has 1 saturated heterocycles. The Morgan fingerprint density at radius 1 is 0.889 bits per heavy atom. The molecule has 3 aromatic rings. The van der Waals surface area contributed by atoms with Crippen LogP contribution in [0.2, 0.25) is 0 Å². The van der Waals surface area contributed by atoms with E-state index in [4.69, 9.17) is 4.52 Å². The summed E-state index contributed by atoms with van der Waals surface area (Å²) in [6.07, 6.45) is -1.14. The minimum Gasteiger partial charge on any atom is -0.378 e. The molecule has 36 heavy (non-hydrogen) atoms. The summed E-state index contributed by atoms with van der Waals surface area (Å²) >= 11 is 0. The summed E-state index contributed by atoms with van der Waals surface area (Å²) in [5.41, 5.74) is 3.37. The second-order valence-electron chi connectivity index (χ2n) is 9.42. The lowest BCUT2D eigenvalue weighted by atomic mass is 9.94. The van der Waals surface area contributed by atoms with Gasteiger partial charge in [-0.3, -0.25) is 4.79 Å². The smallest absolute Gasteiger partial charge is 0.249 e. The Balaban J connectivity index is 1.33. The van der Waals surface area contributed by atoms with Crippen LogP contribution >= 0.6 is 8.45 Å². The topological polar surface area (TPSA) is 77.1 Å². The number of benzene rings is 3. The lowest BCUT2D eigenvalue weighted by Crippen LogP contribution is -2.49. The summed E-state index contributed by atoms with van der Waals surface area (Å²) in [5.74, 6) is -0.312. The molecule has 0 amide bonds. The molecule has 186 valence electrons. The van der Waals surface area contributed by atoms with E-state index in [1.165, 1.54) is 0 Å². The molecule has 3 N–H and O–H groups in total. The first-order chi connectivity index (χ1) is 17.4. The van der Waals surface area contributed by atoms with Crippen molar-refractivity contribution in [1.29, 1.82) is 0 Å². The number of nitrogens with zero attached hydrogens (tertiary/aromatic N) is 2. The fourth-order valence-corrected chi connectivity index (χ4v) is 6.40. The summed E-state index contributed by atoms with van der Waals surface area (Å²) < 4.78 is 11.5. The maximum atomic E-state index is 12.4. The summed E-state index contributed by atoms with van der Waals surface area (Å²) in [7, 11) is -1.14. The van der Waals surface area contributed by atoms with Gasteiger partial charge in [0, 0.05) is 36.7 Å². The molecule has 1 atom stereocenters. The van der Waals surface area contributed by atoms with Crippen LogP contribution in [0.3, 0.4) is 0 Å². The van der Waals surface area contributed by atoms with Gasteiger partial charge >= 0.3 is 0 Å². The van der Waals surface area contributed by atoms with Gasteiger partial charge in [0.15, 0.2) is 6.10 Å². The van der Waals surface area contributed by atoms with Crippen LogP contribution in [0, 0.1) is 0 Å². The lowest BCUT2D eigenvalue weighted by Gasteiger charge is -2.38. The standard InChI is InChI=1S/C28H31N4O3P/c1-28(2,20-29-24-25(27(34)26(24)33)30-21-12-6-3-7-13-21)35-36-31(22-14-8-4-9-15-22)18-19-32(36)23-16-10-5-11-17-23/h3-17,27,29-30,34H,18-20H2,1-2H3. The fourth-order valence-electron chi connectivity index (χ4n) is 4.25. The molecule has 1 aliphatic carbocycles. The van der Waals surface area contributed by atoms with E-state index in [1.54, 1.807) is 0 Å². The van der Waals surface area contributed by atoms with Gasteiger partial charge in [-0.15, -0.1) is 0 Å². The predicted octanol–water partition coefficient (Wildman–Crippen LogP) is 4.89. The first-order valence-electron chi connectivity index (χ1n) is 12.1. The third-order valence-corrected chi connectivity index (χ3v) is 8.50. The zero-order valence-electron chi connectivity index (χ0n) is 20.5. The summed E-state index contributed by atoms with van der Waals surface area (Å²) in [4.78, 5) is 12.4. The maximum absolute atomic E-state index is 12.4. The number of hydrogen-bond donors (Lipinski definition) is 3. The number of nitrogens with one attached hydrogen (secondary N) is 2. The first kappa shape index (κ1) is 24.3. The molecule has 1 aliphatic heterocycles. The quantitative estimate of drug-likeness (QED) is 0.360. The van der Waals surface area contributed by atoms with Gasteiger partial charge in [0.1, 0.15) is 5.70 Å². The third kappa shape index (κ3) is 5.09. The third-order valence-electron chi connectivity index (χ3n) is 6.16. The van der Waals surface area contributed by atoms with Crippen LogP contribution in [0.1, 0.15) is 13.8 Å². The molecular weight excluding hydrogens is 471 g/mol. The molecule has 0 bridgehead atoms. The molecular formula is C28H31N4O3P. The van der Waals surface area contributed by atoms with Gasteiger partial charge in [-0.1, -0.05) is 54.6 Å². The molecule has 0 aromatic heterocycles. The number of anilines is 3. The summed E-state index contributed by atoms with van der Waals surface area (Å²) in [6, 6.07) is 30.2. The van der Waals surface area contributed by atoms with Crippen molar-refractivity contribution in [3.05, 3.63) is 102 Å². The highest BCUT2D eigenvalue weighted by Gasteiger charge is 2.41. The number of aliphatic hydroxyl groups is 1. The molecule has 3 aromatic carbocycles. The van der Waals surface area contributed by atoms with E-state index < -0.39 is 20.2 Å². The van der Waals surface area contributed by atoms with Crippen LogP contribution in [0.25, 0.3) is 0 Å². The number of para-hydroxylation sites is 3. The molecule has 1 fully saturated rings. The van der Waals surface area contributed by atoms with Crippen LogP contribution in [0.4, 0.5) is 17.1 Å². The Bertz CT molecular complexity index is 1170. The number of Topliss-reactive ketones (excluding diaryl/α,β-unsaturated/α-hetero) is 1. The molecule has 7 nitrogen and oxygen atoms in total. The maximum Gasteiger partial charge on any atom is 0.249 e. The van der Waals surface area contributed by atoms with E-state index in [0.29, 0.717) is 17.9 Å². The minimum absolute atomic E-state index is 0.312. The second-order valence-corrected chi connectivity index (χ2v) is 11.1. The van der Waals surface area contributed by atoms with E-state index in [2.05, 4.69) is 44.2 Å². The van der Waals surface area contributed by atoms with E-state index >= 15 is 0 Å². The number of carbonyl (C=O) groups is 1. The normalized spacial score (nSPS) is 18.4. The molecule has 0 saturated carbocycles. The van der Waals surface area contributed by atoms with Crippen molar-refractivity contribution >= 4 is 31.3 Å². The van der Waals surface area contributed by atoms with Crippen molar-refractivity contribution in [3.8, 4) is 0 Å². The van der Waals surface area contributed by atoms with Crippen molar-refractivity contribution in [2.24, 2.45) is 0 Å². The van der Waals surface area contributed by atoms with Crippen molar-refractivity contribution in [3.63, 3.8) is 0 Å². The molecule has 1 unspecified atom stereocenters. The Morgan fingerprint density at radius 3 is 1.92 bits per heavy atom. The highest BCUT2D eigenvalue weighted by Crippen LogP contribution is 2.55. The number of aliphatic hydroxyl groups excluding tert-OH is 1. The zero-order chi connectivity index (χ0) is 25.1. The van der Waals surface area contributed by atoms with Crippen LogP contribution in [-0.2, 0) is 9.32 Å². The molecule has 8 heteroatoms. The fraction of sp³-hybridized carbons (Fsp3) is 0.250. The highest BCUT2D eigenvalue weighted by atomic mass is 31.2. The highest BCUT2D eigenvalue weighted by molar-refractivity contribution is 7.56. The average molecular weight is 503 g/mol. The molecule has 0 radical (unpaired) electrons. The van der Waals surface area contributed by atoms with E-state index in [1.807, 2.05) is 80.6 Å². The van der Waals surface area contributed by atoms with Crippen molar-refractivity contribution in [2.45, 2.75) is 25.6 Å². The van der Waals surface area contributed by atoms with Gasteiger partial charge in [-0.05, 0) is 50.2 Å². The number of carbonyl (C=O) groups excluding carboxylic acids is 1. The van der Waals surface area contributed by atoms with Gasteiger partial charge in [-0.25, -0.2) is 0 Å². The van der Waals surface area contributed by atoms with Crippen molar-refractivity contribution in [2.75, 3.05) is 34.3 Å². The molecule has 2 aliphatic rings. The average Bonchev–Trinajstić information content (AvgIpc) is 3.32. The van der Waals surface area contributed by atoms with E-state index in [0.717, 1.165) is 30.2 Å². The predicted molar refractivity (Wildman–Crippen MR) is 146 cm³/mol. The van der Waals surface area contributed by atoms with Crippen molar-refractivity contribution in [1.82, 2.24) is 5.32 Å². The van der Waals surface area contributed by atoms with Crippen LogP contribution in [-0.4, -0.2) is 42.2 Å². The monoisotopic (exact) mass is 502 g/mol. The Hall–Kier alpha value is -3.38. The van der Waals surface area contributed by atoms with Crippen LogP contribution < -0.4 is 20.0 Å². The van der Waals surface area contributed by atoms with Crippen LogP contribution in [0.15, 0.2) is 102 Å².